The molecule has 0 fully saturated rings. The highest BCUT2D eigenvalue weighted by molar-refractivity contribution is 7.50. The molecule has 0 aliphatic carbocycles. The Bertz CT molecular complexity index is 1230. The predicted molar refractivity (Wildman–Crippen MR) is 114 cm³/mol. The fourth-order valence-corrected chi connectivity index (χ4v) is 6.16. The van der Waals surface area contributed by atoms with E-state index >= 15 is 0 Å². The van der Waals surface area contributed by atoms with E-state index in [0.717, 1.165) is 0 Å². The van der Waals surface area contributed by atoms with Gasteiger partial charge in [0.05, 0.1) is 0 Å². The molecule has 0 bridgehead atoms. The highest BCUT2D eigenvalue weighted by Crippen LogP contribution is 2.49. The van der Waals surface area contributed by atoms with Crippen LogP contribution in [-0.4, -0.2) is 11.7 Å². The lowest BCUT2D eigenvalue weighted by atomic mass is 10.1. The lowest BCUT2D eigenvalue weighted by molar-refractivity contribution is 0.299. The summed E-state index contributed by atoms with van der Waals surface area (Å²) in [5, 5.41) is 14.5. The van der Waals surface area contributed by atoms with Gasteiger partial charge in [0.25, 0.3) is 0 Å². The van der Waals surface area contributed by atoms with Gasteiger partial charge in [0.15, 0.2) is 14.3 Å². The number of fused-ring (bicyclic) bond motifs is 4. The van der Waals surface area contributed by atoms with Gasteiger partial charge in [0.1, 0.15) is 0 Å². The average molecular weight is 355 g/mol. The van der Waals surface area contributed by atoms with Crippen LogP contribution in [0.3, 0.4) is 0 Å². The fourth-order valence-electron chi connectivity index (χ4n) is 3.76. The molecule has 1 aromatic heterocycles. The van der Waals surface area contributed by atoms with Gasteiger partial charge in [0.2, 0.25) is 0 Å². The molecule has 0 saturated carbocycles. The van der Waals surface area contributed by atoms with Crippen molar-refractivity contribution < 1.29 is 5.11 Å². The van der Waals surface area contributed by atoms with Crippen molar-refractivity contribution in [2.75, 3.05) is 6.61 Å². The van der Waals surface area contributed by atoms with Crippen molar-refractivity contribution in [3.63, 3.8) is 0 Å². The third-order valence-electron chi connectivity index (χ3n) is 5.02. The number of aliphatic hydroxyl groups is 1. The average Bonchev–Trinajstić information content (AvgIpc) is 3.01. The van der Waals surface area contributed by atoms with Gasteiger partial charge >= 0.3 is 0 Å². The maximum Gasteiger partial charge on any atom is 0.188 e. The molecule has 1 unspecified atom stereocenters. The summed E-state index contributed by atoms with van der Waals surface area (Å²) in [6, 6.07) is 30.9. The monoisotopic (exact) mass is 355 g/mol. The van der Waals surface area contributed by atoms with E-state index in [-0.39, 0.29) is 17.1 Å². The maximum absolute atomic E-state index is 9.16. The van der Waals surface area contributed by atoms with Crippen LogP contribution in [0.4, 0.5) is 0 Å². The molecule has 5 rings (SSSR count). The van der Waals surface area contributed by atoms with Crippen molar-refractivity contribution in [3.8, 4) is 4.90 Å². The standard InChI is InChI=1S/C24H19OS/c25-14-13-17-9-11-20(12-10-17)26-23-8-4-3-7-21(23)22-15-18-5-1-2-6-19(18)16-24(22)26/h1-12,15-16,25H,13-14H2/q+1. The van der Waals surface area contributed by atoms with E-state index in [1.165, 1.54) is 41.4 Å². The van der Waals surface area contributed by atoms with E-state index in [2.05, 4.69) is 84.9 Å². The molecule has 1 N–H and O–H groups in total. The number of benzene rings is 4. The Labute approximate surface area is 155 Å². The Morgan fingerprint density at radius 1 is 0.654 bits per heavy atom. The van der Waals surface area contributed by atoms with E-state index in [0.29, 0.717) is 6.42 Å². The highest BCUT2D eigenvalue weighted by atomic mass is 32.2. The minimum Gasteiger partial charge on any atom is -0.396 e. The molecule has 0 radical (unpaired) electrons. The fraction of sp³-hybridized carbons (Fsp3) is 0.0833. The summed E-state index contributed by atoms with van der Waals surface area (Å²) in [5.41, 5.74) is 1.19. The SMILES string of the molecule is OCCc1ccc(-[s+]2c3ccccc3c3cc4ccccc4cc32)cc1. The molecule has 0 amide bonds. The quantitative estimate of drug-likeness (QED) is 0.370. The van der Waals surface area contributed by atoms with Crippen LogP contribution in [0.5, 0.6) is 0 Å². The van der Waals surface area contributed by atoms with Gasteiger partial charge in [0, 0.05) is 33.9 Å². The molecule has 126 valence electrons. The minimum absolute atomic E-state index is 0.0713. The van der Waals surface area contributed by atoms with Gasteiger partial charge in [-0.3, -0.25) is 0 Å². The Kier molecular flexibility index (Phi) is 3.74. The minimum atomic E-state index is -0.0713. The van der Waals surface area contributed by atoms with E-state index in [4.69, 9.17) is 5.11 Å². The molecule has 0 spiro atoms. The topological polar surface area (TPSA) is 20.2 Å². The van der Waals surface area contributed by atoms with Crippen LogP contribution >= 0.6 is 10.5 Å². The molecule has 0 saturated heterocycles. The van der Waals surface area contributed by atoms with Crippen molar-refractivity contribution in [2.24, 2.45) is 0 Å². The van der Waals surface area contributed by atoms with Crippen molar-refractivity contribution in [2.45, 2.75) is 6.42 Å². The molecule has 26 heavy (non-hydrogen) atoms. The van der Waals surface area contributed by atoms with Crippen molar-refractivity contribution >= 4 is 41.4 Å². The number of hydrogen-bond acceptors (Lipinski definition) is 1. The van der Waals surface area contributed by atoms with Crippen LogP contribution < -0.4 is 0 Å². The summed E-state index contributed by atoms with van der Waals surface area (Å²) >= 11 is 0. The van der Waals surface area contributed by atoms with Gasteiger partial charge in [-0.25, -0.2) is 0 Å². The first-order chi connectivity index (χ1) is 12.8. The Balaban J connectivity index is 1.85. The third-order valence-corrected chi connectivity index (χ3v) is 7.34. The zero-order chi connectivity index (χ0) is 17.5. The van der Waals surface area contributed by atoms with Crippen LogP contribution in [0.1, 0.15) is 5.56 Å². The zero-order valence-corrected chi connectivity index (χ0v) is 15.2. The Morgan fingerprint density at radius 3 is 2.12 bits per heavy atom. The molecule has 1 heterocycles. The first kappa shape index (κ1) is 15.6. The van der Waals surface area contributed by atoms with E-state index < -0.39 is 0 Å². The van der Waals surface area contributed by atoms with Crippen LogP contribution in [0.25, 0.3) is 35.8 Å². The molecule has 2 heteroatoms. The van der Waals surface area contributed by atoms with Gasteiger partial charge < -0.3 is 5.11 Å². The highest BCUT2D eigenvalue weighted by Gasteiger charge is 2.23. The molecule has 1 nitrogen and oxygen atoms in total. The summed E-state index contributed by atoms with van der Waals surface area (Å²) < 4.78 is 2.83. The molecular weight excluding hydrogens is 336 g/mol. The van der Waals surface area contributed by atoms with E-state index in [1.807, 2.05) is 0 Å². The van der Waals surface area contributed by atoms with Crippen LogP contribution in [0.2, 0.25) is 0 Å². The predicted octanol–water partition coefficient (Wildman–Crippen LogP) is 6.42. The smallest absolute Gasteiger partial charge is 0.188 e. The van der Waals surface area contributed by atoms with Gasteiger partial charge in [-0.15, -0.1) is 0 Å². The first-order valence-corrected chi connectivity index (χ1v) is 10.1. The lowest BCUT2D eigenvalue weighted by Gasteiger charge is -1.99. The second-order valence-corrected chi connectivity index (χ2v) is 8.58. The number of aliphatic hydroxyl groups excluding tert-OH is 1. The summed E-state index contributed by atoms with van der Waals surface area (Å²) in [7, 11) is -0.0713. The lowest BCUT2D eigenvalue weighted by Crippen LogP contribution is -1.89. The molecular formula is C24H19OS+. The largest absolute Gasteiger partial charge is 0.396 e. The van der Waals surface area contributed by atoms with Crippen LogP contribution in [0, 0.1) is 0 Å². The van der Waals surface area contributed by atoms with Crippen molar-refractivity contribution in [1.82, 2.24) is 0 Å². The Morgan fingerprint density at radius 2 is 1.35 bits per heavy atom. The maximum atomic E-state index is 9.16. The van der Waals surface area contributed by atoms with Gasteiger partial charge in [-0.1, -0.05) is 48.5 Å². The first-order valence-electron chi connectivity index (χ1n) is 8.91. The summed E-state index contributed by atoms with van der Waals surface area (Å²) in [6.07, 6.45) is 0.714. The van der Waals surface area contributed by atoms with Gasteiger partial charge in [-0.05, 0) is 53.1 Å². The third kappa shape index (κ3) is 2.42. The second-order valence-electron chi connectivity index (χ2n) is 6.62. The van der Waals surface area contributed by atoms with Crippen LogP contribution in [0.15, 0.2) is 84.9 Å². The molecule has 1 atom stereocenters. The number of hydrogen-bond donors (Lipinski definition) is 1. The number of rotatable bonds is 3. The molecule has 5 aromatic rings. The zero-order valence-electron chi connectivity index (χ0n) is 14.4. The van der Waals surface area contributed by atoms with E-state index in [9.17, 15) is 0 Å². The second kappa shape index (κ2) is 6.24. The normalized spacial score (nSPS) is 12.3. The van der Waals surface area contributed by atoms with Crippen molar-refractivity contribution in [3.05, 3.63) is 90.5 Å². The summed E-state index contributed by atoms with van der Waals surface area (Å²) in [5.74, 6) is 0. The van der Waals surface area contributed by atoms with Gasteiger partial charge in [-0.2, -0.15) is 0 Å². The van der Waals surface area contributed by atoms with E-state index in [1.54, 1.807) is 0 Å². The molecule has 0 aliphatic heterocycles. The Hall–Kier alpha value is -2.68. The van der Waals surface area contributed by atoms with Crippen LogP contribution in [-0.2, 0) is 6.42 Å². The molecule has 0 aliphatic rings. The summed E-state index contributed by atoms with van der Waals surface area (Å²) in [4.78, 5) is 1.34. The molecule has 4 aromatic carbocycles. The number of thiophene rings is 1. The van der Waals surface area contributed by atoms with Crippen molar-refractivity contribution in [1.29, 1.82) is 0 Å². The summed E-state index contributed by atoms with van der Waals surface area (Å²) in [6.45, 7) is 0.197.